The van der Waals surface area contributed by atoms with Gasteiger partial charge in [-0.15, -0.1) is 0 Å². The molecule has 0 saturated carbocycles. The lowest BCUT2D eigenvalue weighted by Gasteiger charge is -2.47. The molecule has 2 fully saturated rings. The number of hydrogen-bond acceptors (Lipinski definition) is 4. The first-order chi connectivity index (χ1) is 19.7. The fraction of sp³-hybridized carbons (Fsp3) is 0.576. The van der Waals surface area contributed by atoms with Crippen molar-refractivity contribution in [2.45, 2.75) is 77.7 Å². The minimum Gasteiger partial charge on any atom is -0.444 e. The summed E-state index contributed by atoms with van der Waals surface area (Å²) in [6.45, 7) is 12.8. The molecule has 0 bridgehead atoms. The molecule has 2 aliphatic rings. The van der Waals surface area contributed by atoms with Gasteiger partial charge in [0.15, 0.2) is 0 Å². The summed E-state index contributed by atoms with van der Waals surface area (Å²) in [6, 6.07) is 15.1. The van der Waals surface area contributed by atoms with Crippen LogP contribution in [0.2, 0.25) is 0 Å². The van der Waals surface area contributed by atoms with Crippen LogP contribution in [0.4, 0.5) is 18.0 Å². The van der Waals surface area contributed by atoms with Crippen molar-refractivity contribution in [3.8, 4) is 0 Å². The number of alkyl halides is 3. The van der Waals surface area contributed by atoms with E-state index in [1.54, 1.807) is 17.0 Å². The normalized spacial score (nSPS) is 20.1. The summed E-state index contributed by atoms with van der Waals surface area (Å²) >= 11 is 0. The number of likely N-dealkylation sites (tertiary alicyclic amines) is 1. The van der Waals surface area contributed by atoms with Gasteiger partial charge in [-0.05, 0) is 68.7 Å². The molecule has 42 heavy (non-hydrogen) atoms. The van der Waals surface area contributed by atoms with E-state index in [4.69, 9.17) is 4.74 Å². The van der Waals surface area contributed by atoms with Gasteiger partial charge < -0.3 is 14.5 Å². The molecule has 2 unspecified atom stereocenters. The standard InChI is InChI=1S/C33H44F3N3O3/c1-23(2)28-22-38(30(25-9-7-6-8-10-25)26-11-13-27(14-12-26)33(34,35)36)19-20-39(28)29(40)21-24-15-17-37(18-16-24)31(41)42-32(3,4)5/h6-14,23-24,28,30H,15-22H2,1-5H3. The molecule has 2 aromatic carbocycles. The number of piperidine rings is 1. The Morgan fingerprint density at radius 2 is 1.48 bits per heavy atom. The predicted octanol–water partition coefficient (Wildman–Crippen LogP) is 7.00. The van der Waals surface area contributed by atoms with Crippen LogP contribution < -0.4 is 0 Å². The number of halogens is 3. The Labute approximate surface area is 247 Å². The van der Waals surface area contributed by atoms with E-state index >= 15 is 0 Å². The fourth-order valence-corrected chi connectivity index (χ4v) is 6.06. The second-order valence-corrected chi connectivity index (χ2v) is 12.9. The molecule has 0 N–H and O–H groups in total. The van der Waals surface area contributed by atoms with Crippen LogP contribution in [0.15, 0.2) is 54.6 Å². The molecule has 0 aromatic heterocycles. The molecule has 6 nitrogen and oxygen atoms in total. The molecule has 2 atom stereocenters. The molecule has 0 spiro atoms. The third kappa shape index (κ3) is 8.06. The lowest BCUT2D eigenvalue weighted by Crippen LogP contribution is -2.58. The monoisotopic (exact) mass is 587 g/mol. The zero-order valence-corrected chi connectivity index (χ0v) is 25.4. The highest BCUT2D eigenvalue weighted by atomic mass is 19.4. The van der Waals surface area contributed by atoms with Crippen LogP contribution in [0.3, 0.4) is 0 Å². The lowest BCUT2D eigenvalue weighted by molar-refractivity contribution is -0.139. The van der Waals surface area contributed by atoms with E-state index in [0.717, 1.165) is 36.1 Å². The zero-order chi connectivity index (χ0) is 30.7. The topological polar surface area (TPSA) is 53.1 Å². The molecule has 0 aliphatic carbocycles. The van der Waals surface area contributed by atoms with Crippen molar-refractivity contribution < 1.29 is 27.5 Å². The molecule has 2 aromatic rings. The second kappa shape index (κ2) is 13.1. The van der Waals surface area contributed by atoms with Gasteiger partial charge in [0.25, 0.3) is 0 Å². The number of amides is 2. The minimum atomic E-state index is -4.39. The van der Waals surface area contributed by atoms with Crippen molar-refractivity contribution in [3.63, 3.8) is 0 Å². The van der Waals surface area contributed by atoms with Crippen LogP contribution >= 0.6 is 0 Å². The molecule has 9 heteroatoms. The van der Waals surface area contributed by atoms with Crippen molar-refractivity contribution in [2.24, 2.45) is 11.8 Å². The number of nitrogens with zero attached hydrogens (tertiary/aromatic N) is 3. The van der Waals surface area contributed by atoms with E-state index in [1.165, 1.54) is 0 Å². The Morgan fingerprint density at radius 3 is 2.02 bits per heavy atom. The molecule has 2 heterocycles. The Kier molecular flexibility index (Phi) is 9.91. The number of rotatable bonds is 6. The summed E-state index contributed by atoms with van der Waals surface area (Å²) < 4.78 is 45.3. The van der Waals surface area contributed by atoms with Crippen LogP contribution in [0.25, 0.3) is 0 Å². The smallest absolute Gasteiger partial charge is 0.416 e. The Balaban J connectivity index is 1.44. The number of piperazine rings is 1. The molecule has 0 radical (unpaired) electrons. The molecule has 2 aliphatic heterocycles. The Hall–Kier alpha value is -3.07. The fourth-order valence-electron chi connectivity index (χ4n) is 6.06. The molecule has 2 saturated heterocycles. The maximum absolute atomic E-state index is 13.6. The van der Waals surface area contributed by atoms with Gasteiger partial charge in [-0.3, -0.25) is 9.69 Å². The van der Waals surface area contributed by atoms with Crippen molar-refractivity contribution >= 4 is 12.0 Å². The zero-order valence-electron chi connectivity index (χ0n) is 25.4. The SMILES string of the molecule is CC(C)C1CN(C(c2ccccc2)c2ccc(C(F)(F)F)cc2)CCN1C(=O)CC1CCN(C(=O)OC(C)(C)C)CC1. The number of carbonyl (C=O) groups is 2. The summed E-state index contributed by atoms with van der Waals surface area (Å²) in [4.78, 5) is 32.1. The van der Waals surface area contributed by atoms with E-state index < -0.39 is 17.3 Å². The van der Waals surface area contributed by atoms with Crippen LogP contribution in [0.1, 0.15) is 76.6 Å². The number of carbonyl (C=O) groups excluding carboxylic acids is 2. The van der Waals surface area contributed by atoms with Crippen LogP contribution in [-0.2, 0) is 15.7 Å². The van der Waals surface area contributed by atoms with Crippen LogP contribution in [0.5, 0.6) is 0 Å². The first kappa shape index (κ1) is 31.9. The van der Waals surface area contributed by atoms with E-state index in [9.17, 15) is 22.8 Å². The quantitative estimate of drug-likeness (QED) is 0.365. The van der Waals surface area contributed by atoms with Gasteiger partial charge in [-0.1, -0.05) is 56.3 Å². The highest BCUT2D eigenvalue weighted by Gasteiger charge is 2.38. The van der Waals surface area contributed by atoms with Crippen LogP contribution in [-0.4, -0.2) is 71.1 Å². The lowest BCUT2D eigenvalue weighted by atomic mass is 9.90. The minimum absolute atomic E-state index is 0.0197. The van der Waals surface area contributed by atoms with Crippen molar-refractivity contribution in [1.82, 2.24) is 14.7 Å². The Bertz CT molecular complexity index is 1190. The highest BCUT2D eigenvalue weighted by molar-refractivity contribution is 5.77. The molecule has 4 rings (SSSR count). The predicted molar refractivity (Wildman–Crippen MR) is 157 cm³/mol. The van der Waals surface area contributed by atoms with Crippen molar-refractivity contribution in [1.29, 1.82) is 0 Å². The Morgan fingerprint density at radius 1 is 0.881 bits per heavy atom. The van der Waals surface area contributed by atoms with Gasteiger partial charge in [0.05, 0.1) is 11.6 Å². The van der Waals surface area contributed by atoms with E-state index in [2.05, 4.69) is 18.7 Å². The summed E-state index contributed by atoms with van der Waals surface area (Å²) in [6.07, 6.45) is -2.71. The number of ether oxygens (including phenoxy) is 1. The summed E-state index contributed by atoms with van der Waals surface area (Å²) in [5.74, 6) is 0.552. The maximum Gasteiger partial charge on any atom is 0.416 e. The van der Waals surface area contributed by atoms with E-state index in [0.29, 0.717) is 39.1 Å². The molecule has 230 valence electrons. The van der Waals surface area contributed by atoms with Gasteiger partial charge in [0.1, 0.15) is 5.60 Å². The summed E-state index contributed by atoms with van der Waals surface area (Å²) in [5, 5.41) is 0. The average Bonchev–Trinajstić information content (AvgIpc) is 2.93. The number of benzene rings is 2. The average molecular weight is 588 g/mol. The highest BCUT2D eigenvalue weighted by Crippen LogP contribution is 2.35. The van der Waals surface area contributed by atoms with Gasteiger partial charge >= 0.3 is 12.3 Å². The van der Waals surface area contributed by atoms with Crippen LogP contribution in [0, 0.1) is 11.8 Å². The summed E-state index contributed by atoms with van der Waals surface area (Å²) in [5.41, 5.74) is 0.610. The third-order valence-electron chi connectivity index (χ3n) is 8.30. The first-order valence-electron chi connectivity index (χ1n) is 15.0. The summed E-state index contributed by atoms with van der Waals surface area (Å²) in [7, 11) is 0. The van der Waals surface area contributed by atoms with E-state index in [-0.39, 0.29) is 35.9 Å². The molecular formula is C33H44F3N3O3. The van der Waals surface area contributed by atoms with Gasteiger partial charge in [0.2, 0.25) is 5.91 Å². The third-order valence-corrected chi connectivity index (χ3v) is 8.30. The second-order valence-electron chi connectivity index (χ2n) is 12.9. The maximum atomic E-state index is 13.6. The van der Waals surface area contributed by atoms with Gasteiger partial charge in [0, 0.05) is 45.2 Å². The molecule has 2 amide bonds. The van der Waals surface area contributed by atoms with E-state index in [1.807, 2.05) is 56.0 Å². The largest absolute Gasteiger partial charge is 0.444 e. The molecular weight excluding hydrogens is 543 g/mol. The van der Waals surface area contributed by atoms with Gasteiger partial charge in [-0.2, -0.15) is 13.2 Å². The van der Waals surface area contributed by atoms with Gasteiger partial charge in [-0.25, -0.2) is 4.79 Å². The van der Waals surface area contributed by atoms with Crippen molar-refractivity contribution in [3.05, 3.63) is 71.3 Å². The van der Waals surface area contributed by atoms with Crippen molar-refractivity contribution in [2.75, 3.05) is 32.7 Å². The number of hydrogen-bond donors (Lipinski definition) is 0. The first-order valence-corrected chi connectivity index (χ1v) is 15.0.